The summed E-state index contributed by atoms with van der Waals surface area (Å²) in [4.78, 5) is 18.9. The molecule has 13 heavy (non-hydrogen) atoms. The molecule has 0 rings (SSSR count). The molecule has 0 spiro atoms. The molecule has 0 fully saturated rings. The van der Waals surface area contributed by atoms with Gasteiger partial charge in [0.05, 0.1) is 12.1 Å². The fourth-order valence-electron chi connectivity index (χ4n) is 0.511. The van der Waals surface area contributed by atoms with Crippen molar-refractivity contribution in [1.29, 1.82) is 0 Å². The zero-order valence-electron chi connectivity index (χ0n) is 7.60. The van der Waals surface area contributed by atoms with Crippen LogP contribution in [0, 0.1) is 0 Å². The third-order valence-corrected chi connectivity index (χ3v) is 2.70. The van der Waals surface area contributed by atoms with Crippen molar-refractivity contribution in [3.8, 4) is 0 Å². The van der Waals surface area contributed by atoms with Crippen LogP contribution in [0.15, 0.2) is 0 Å². The first-order chi connectivity index (χ1) is 5.39. The van der Waals surface area contributed by atoms with Gasteiger partial charge < -0.3 is 25.1 Å². The van der Waals surface area contributed by atoms with Gasteiger partial charge in [0.1, 0.15) is 0 Å². The molecule has 3 N–H and O–H groups in total. The van der Waals surface area contributed by atoms with Gasteiger partial charge in [-0.2, -0.15) is 0 Å². The summed E-state index contributed by atoms with van der Waals surface area (Å²) in [6.45, 7) is 0. The molecule has 0 aromatic heterocycles. The smallest absolute Gasteiger partial charge is 0.548 e. The summed E-state index contributed by atoms with van der Waals surface area (Å²) in [6.07, 6.45) is -0.414. The minimum atomic E-state index is -3.64. The SMILES string of the molecule is COP(=O)(O)CCC(N)C(=O)[O-].[K+]. The fraction of sp³-hybridized carbons (Fsp3) is 0.800. The molecule has 0 saturated heterocycles. The Kier molecular flexibility index (Phi) is 9.60. The number of carboxylic acids is 1. The van der Waals surface area contributed by atoms with E-state index in [1.165, 1.54) is 0 Å². The predicted molar refractivity (Wildman–Crippen MR) is 39.3 cm³/mol. The van der Waals surface area contributed by atoms with Crippen molar-refractivity contribution >= 4 is 13.6 Å². The quantitative estimate of drug-likeness (QED) is 0.365. The van der Waals surface area contributed by atoms with Crippen molar-refractivity contribution in [3.05, 3.63) is 0 Å². The maximum absolute atomic E-state index is 10.8. The van der Waals surface area contributed by atoms with Crippen LogP contribution in [-0.4, -0.2) is 30.2 Å². The third-order valence-electron chi connectivity index (χ3n) is 1.31. The summed E-state index contributed by atoms with van der Waals surface area (Å²) in [6, 6.07) is -1.22. The molecule has 72 valence electrons. The first-order valence-corrected chi connectivity index (χ1v) is 4.99. The molecule has 0 heterocycles. The zero-order valence-corrected chi connectivity index (χ0v) is 11.6. The minimum absolute atomic E-state index is 0. The van der Waals surface area contributed by atoms with E-state index in [2.05, 4.69) is 4.52 Å². The van der Waals surface area contributed by atoms with E-state index in [9.17, 15) is 14.5 Å². The zero-order chi connectivity index (χ0) is 9.78. The molecule has 2 unspecified atom stereocenters. The van der Waals surface area contributed by atoms with E-state index in [4.69, 9.17) is 10.6 Å². The molecule has 0 aromatic rings. The number of carbonyl (C=O) groups is 1. The molecule has 0 bridgehead atoms. The van der Waals surface area contributed by atoms with Gasteiger partial charge in [-0.05, 0) is 6.42 Å². The van der Waals surface area contributed by atoms with Gasteiger partial charge in [-0.25, -0.2) is 0 Å². The Hall–Kier alpha value is 1.22. The van der Waals surface area contributed by atoms with Gasteiger partial charge in [-0.1, -0.05) is 0 Å². The Balaban J connectivity index is 0. The summed E-state index contributed by atoms with van der Waals surface area (Å²) in [7, 11) is -2.56. The van der Waals surface area contributed by atoms with Crippen LogP contribution in [0.2, 0.25) is 0 Å². The van der Waals surface area contributed by atoms with Gasteiger partial charge in [0.25, 0.3) is 0 Å². The summed E-state index contributed by atoms with van der Waals surface area (Å²) in [5.41, 5.74) is 5.03. The van der Waals surface area contributed by atoms with E-state index < -0.39 is 19.6 Å². The second-order valence-corrected chi connectivity index (χ2v) is 4.35. The summed E-state index contributed by atoms with van der Waals surface area (Å²) in [5.74, 6) is -1.44. The van der Waals surface area contributed by atoms with E-state index in [1.807, 2.05) is 0 Å². The molecule has 0 amide bonds. The summed E-state index contributed by atoms with van der Waals surface area (Å²) in [5, 5.41) is 10.1. The minimum Gasteiger partial charge on any atom is -0.548 e. The van der Waals surface area contributed by atoms with Gasteiger partial charge >= 0.3 is 59.0 Å². The van der Waals surface area contributed by atoms with Crippen LogP contribution in [0.25, 0.3) is 0 Å². The van der Waals surface area contributed by atoms with Crippen molar-refractivity contribution in [3.63, 3.8) is 0 Å². The monoisotopic (exact) mass is 235 g/mol. The van der Waals surface area contributed by atoms with E-state index in [0.717, 1.165) is 7.11 Å². The van der Waals surface area contributed by atoms with Crippen LogP contribution >= 0.6 is 7.60 Å². The molecule has 0 aliphatic carbocycles. The Bertz CT molecular complexity index is 211. The predicted octanol–water partition coefficient (Wildman–Crippen LogP) is -4.71. The van der Waals surface area contributed by atoms with E-state index >= 15 is 0 Å². The van der Waals surface area contributed by atoms with E-state index in [-0.39, 0.29) is 64.0 Å². The molecule has 8 heteroatoms. The molecule has 0 aromatic carbocycles. The Morgan fingerprint density at radius 2 is 2.23 bits per heavy atom. The first kappa shape index (κ1) is 16.6. The molecular formula is C5H11KNO5P. The van der Waals surface area contributed by atoms with Crippen LogP contribution in [0.4, 0.5) is 0 Å². The normalized spacial score (nSPS) is 16.8. The van der Waals surface area contributed by atoms with Gasteiger partial charge in [0.2, 0.25) is 0 Å². The second-order valence-electron chi connectivity index (χ2n) is 2.26. The number of rotatable bonds is 5. The van der Waals surface area contributed by atoms with Crippen molar-refractivity contribution in [1.82, 2.24) is 0 Å². The Labute approximate surface area is 119 Å². The number of nitrogens with two attached hydrogens (primary N) is 1. The van der Waals surface area contributed by atoms with Crippen molar-refractivity contribution in [2.75, 3.05) is 13.3 Å². The van der Waals surface area contributed by atoms with Crippen LogP contribution in [0.3, 0.4) is 0 Å². The van der Waals surface area contributed by atoms with E-state index in [0.29, 0.717) is 0 Å². The molecule has 0 radical (unpaired) electrons. The molecule has 6 nitrogen and oxygen atoms in total. The van der Waals surface area contributed by atoms with Crippen LogP contribution < -0.4 is 62.2 Å². The molecule has 0 aliphatic heterocycles. The maximum atomic E-state index is 10.8. The number of hydrogen-bond donors (Lipinski definition) is 2. The largest absolute Gasteiger partial charge is 1.00 e. The second kappa shape index (κ2) is 7.50. The number of aliphatic carboxylic acids is 1. The van der Waals surface area contributed by atoms with Gasteiger partial charge in [-0.15, -0.1) is 0 Å². The van der Waals surface area contributed by atoms with Crippen molar-refractivity contribution in [2.45, 2.75) is 12.5 Å². The number of hydrogen-bond acceptors (Lipinski definition) is 5. The molecule has 0 saturated carbocycles. The van der Waals surface area contributed by atoms with Crippen molar-refractivity contribution in [2.24, 2.45) is 5.73 Å². The molecule has 2 atom stereocenters. The standard InChI is InChI=1S/C5H12NO5P.K/c1-11-12(9,10)3-2-4(6)5(7)8;/h4H,2-3,6H2,1H3,(H,7,8)(H,9,10);/q;+1/p-1. The average Bonchev–Trinajstić information content (AvgIpc) is 2.00. The van der Waals surface area contributed by atoms with Crippen LogP contribution in [-0.2, 0) is 13.9 Å². The Morgan fingerprint density at radius 3 is 2.54 bits per heavy atom. The van der Waals surface area contributed by atoms with Crippen LogP contribution in [0.1, 0.15) is 6.42 Å². The summed E-state index contributed by atoms with van der Waals surface area (Å²) < 4.78 is 15.0. The third kappa shape index (κ3) is 8.23. The Morgan fingerprint density at radius 1 is 1.77 bits per heavy atom. The van der Waals surface area contributed by atoms with Gasteiger partial charge in [0, 0.05) is 13.2 Å². The first-order valence-electron chi connectivity index (χ1n) is 3.23. The fourth-order valence-corrected chi connectivity index (χ4v) is 1.30. The average molecular weight is 235 g/mol. The van der Waals surface area contributed by atoms with E-state index in [1.54, 1.807) is 0 Å². The molecular weight excluding hydrogens is 224 g/mol. The summed E-state index contributed by atoms with van der Waals surface area (Å²) >= 11 is 0. The number of carbonyl (C=O) groups excluding carboxylic acids is 1. The maximum Gasteiger partial charge on any atom is 1.00 e. The van der Waals surface area contributed by atoms with Gasteiger partial charge in [0.15, 0.2) is 0 Å². The topological polar surface area (TPSA) is 113 Å². The number of carboxylic acid groups (broad SMARTS) is 1. The molecule has 0 aliphatic rings. The van der Waals surface area contributed by atoms with Crippen LogP contribution in [0.5, 0.6) is 0 Å². The van der Waals surface area contributed by atoms with Gasteiger partial charge in [-0.3, -0.25) is 4.57 Å². The van der Waals surface area contributed by atoms with Crippen molar-refractivity contribution < 1.29 is 75.3 Å².